The van der Waals surface area contributed by atoms with E-state index in [4.69, 9.17) is 4.74 Å². The van der Waals surface area contributed by atoms with E-state index in [1.54, 1.807) is 31.3 Å². The van der Waals surface area contributed by atoms with Crippen LogP contribution in [0.1, 0.15) is 11.1 Å². The van der Waals surface area contributed by atoms with Gasteiger partial charge in [-0.25, -0.2) is 9.97 Å². The zero-order valence-corrected chi connectivity index (χ0v) is 13.7. The second-order valence-corrected chi connectivity index (χ2v) is 5.96. The molecule has 2 heterocycles. The number of thioether (sulfide) groups is 1. The number of ether oxygens (including phenoxy) is 1. The van der Waals surface area contributed by atoms with Crippen LogP contribution in [0.25, 0.3) is 22.4 Å². The van der Waals surface area contributed by atoms with Gasteiger partial charge in [0, 0.05) is 16.7 Å². The van der Waals surface area contributed by atoms with Crippen molar-refractivity contribution in [2.75, 3.05) is 13.4 Å². The third-order valence-electron chi connectivity index (χ3n) is 3.63. The van der Waals surface area contributed by atoms with Crippen molar-refractivity contribution in [2.45, 2.75) is 18.7 Å². The van der Waals surface area contributed by atoms with Crippen molar-refractivity contribution < 1.29 is 9.94 Å². The van der Waals surface area contributed by atoms with Crippen LogP contribution in [0.2, 0.25) is 0 Å². The lowest BCUT2D eigenvalue weighted by atomic mass is 10.1. The number of rotatable bonds is 3. The zero-order valence-electron chi connectivity index (χ0n) is 12.9. The van der Waals surface area contributed by atoms with Gasteiger partial charge in [-0.05, 0) is 43.4 Å². The summed E-state index contributed by atoms with van der Waals surface area (Å²) in [5.74, 6) is 1.46. The fourth-order valence-corrected chi connectivity index (χ4v) is 3.24. The number of benzene rings is 1. The molecule has 0 aliphatic carbocycles. The Bertz CT molecular complexity index is 835. The molecule has 0 saturated carbocycles. The van der Waals surface area contributed by atoms with Gasteiger partial charge < -0.3 is 9.94 Å². The summed E-state index contributed by atoms with van der Waals surface area (Å²) in [6.45, 7) is 3.99. The fourth-order valence-electron chi connectivity index (χ4n) is 2.67. The Morgan fingerprint density at radius 3 is 2.50 bits per heavy atom. The van der Waals surface area contributed by atoms with Gasteiger partial charge in [-0.2, -0.15) is 4.73 Å². The Morgan fingerprint density at radius 1 is 1.23 bits per heavy atom. The largest absolute Gasteiger partial charge is 0.496 e. The molecule has 1 aromatic carbocycles. The molecular formula is C16H17N3O2S. The predicted molar refractivity (Wildman–Crippen MR) is 88.0 cm³/mol. The molecule has 0 fully saturated rings. The first-order valence-electron chi connectivity index (χ1n) is 6.82. The van der Waals surface area contributed by atoms with Crippen LogP contribution in [0.3, 0.4) is 0 Å². The molecule has 6 heteroatoms. The molecule has 0 bridgehead atoms. The summed E-state index contributed by atoms with van der Waals surface area (Å²) in [6.07, 6.45) is 5.36. The van der Waals surface area contributed by atoms with E-state index in [2.05, 4.69) is 9.97 Å². The maximum Gasteiger partial charge on any atom is 0.180 e. The summed E-state index contributed by atoms with van der Waals surface area (Å²) < 4.78 is 6.44. The number of nitrogens with zero attached hydrogens (tertiary/aromatic N) is 3. The third kappa shape index (κ3) is 2.29. The SMILES string of the molecule is COc1c(C)cc(-c2ncc3c(SC)cn(O)c3n2)cc1C. The number of aromatic nitrogens is 3. The highest BCUT2D eigenvalue weighted by Gasteiger charge is 2.13. The number of methoxy groups -OCH3 is 1. The summed E-state index contributed by atoms with van der Waals surface area (Å²) in [5.41, 5.74) is 3.49. The van der Waals surface area contributed by atoms with Crippen molar-refractivity contribution >= 4 is 22.8 Å². The van der Waals surface area contributed by atoms with Crippen molar-refractivity contribution in [2.24, 2.45) is 0 Å². The number of hydrogen-bond acceptors (Lipinski definition) is 5. The number of fused-ring (bicyclic) bond motifs is 1. The summed E-state index contributed by atoms with van der Waals surface area (Å²) in [6, 6.07) is 3.99. The van der Waals surface area contributed by atoms with E-state index in [1.807, 2.05) is 32.2 Å². The topological polar surface area (TPSA) is 60.2 Å². The molecule has 0 aliphatic heterocycles. The third-order valence-corrected chi connectivity index (χ3v) is 4.40. The Balaban J connectivity index is 2.17. The van der Waals surface area contributed by atoms with Crippen molar-refractivity contribution in [1.82, 2.24) is 14.7 Å². The van der Waals surface area contributed by atoms with Gasteiger partial charge in [0.1, 0.15) is 5.75 Å². The molecule has 0 spiro atoms. The second-order valence-electron chi connectivity index (χ2n) is 5.12. The Labute approximate surface area is 132 Å². The molecule has 114 valence electrons. The van der Waals surface area contributed by atoms with Crippen LogP contribution in [-0.4, -0.2) is 33.3 Å². The molecule has 0 unspecified atom stereocenters. The molecule has 0 atom stereocenters. The van der Waals surface area contributed by atoms with Crippen molar-refractivity contribution in [3.05, 3.63) is 35.7 Å². The lowest BCUT2D eigenvalue weighted by molar-refractivity contribution is 0.197. The Hall–Kier alpha value is -2.21. The predicted octanol–water partition coefficient (Wildman–Crippen LogP) is 3.68. The first-order valence-corrected chi connectivity index (χ1v) is 8.04. The van der Waals surface area contributed by atoms with Gasteiger partial charge >= 0.3 is 0 Å². The molecule has 1 N–H and O–H groups in total. The van der Waals surface area contributed by atoms with E-state index in [0.717, 1.165) is 37.5 Å². The van der Waals surface area contributed by atoms with E-state index in [9.17, 15) is 5.21 Å². The zero-order chi connectivity index (χ0) is 15.9. The minimum Gasteiger partial charge on any atom is -0.496 e. The molecule has 0 amide bonds. The van der Waals surface area contributed by atoms with Gasteiger partial charge in [-0.15, -0.1) is 11.8 Å². The summed E-state index contributed by atoms with van der Waals surface area (Å²) >= 11 is 1.55. The highest BCUT2D eigenvalue weighted by Crippen LogP contribution is 2.31. The molecule has 0 radical (unpaired) electrons. The normalized spacial score (nSPS) is 11.1. The van der Waals surface area contributed by atoms with E-state index in [1.165, 1.54) is 0 Å². The average molecular weight is 315 g/mol. The highest BCUT2D eigenvalue weighted by molar-refractivity contribution is 7.98. The van der Waals surface area contributed by atoms with Gasteiger partial charge in [0.05, 0.1) is 18.7 Å². The molecular weight excluding hydrogens is 298 g/mol. The monoisotopic (exact) mass is 315 g/mol. The molecule has 3 rings (SSSR count). The smallest absolute Gasteiger partial charge is 0.180 e. The van der Waals surface area contributed by atoms with Crippen LogP contribution in [0.15, 0.2) is 29.4 Å². The quantitative estimate of drug-likeness (QED) is 0.590. The summed E-state index contributed by atoms with van der Waals surface area (Å²) in [5, 5.41) is 10.8. The fraction of sp³-hybridized carbons (Fsp3) is 0.250. The highest BCUT2D eigenvalue weighted by atomic mass is 32.2. The molecule has 5 nitrogen and oxygen atoms in total. The first kappa shape index (κ1) is 14.7. The maximum atomic E-state index is 9.98. The van der Waals surface area contributed by atoms with Crippen LogP contribution in [0, 0.1) is 13.8 Å². The summed E-state index contributed by atoms with van der Waals surface area (Å²) in [7, 11) is 1.67. The van der Waals surface area contributed by atoms with E-state index in [-0.39, 0.29) is 0 Å². The standard InChI is InChI=1S/C16H17N3O2S/c1-9-5-11(6-10(2)14(9)21-3)15-17-7-12-13(22-4)8-19(20)16(12)18-15/h5-8,20H,1-4H3. The van der Waals surface area contributed by atoms with Crippen molar-refractivity contribution in [3.8, 4) is 17.1 Å². The lowest BCUT2D eigenvalue weighted by Crippen LogP contribution is -1.96. The minimum atomic E-state index is 0.514. The van der Waals surface area contributed by atoms with Crippen molar-refractivity contribution in [1.29, 1.82) is 0 Å². The molecule has 3 aromatic rings. The number of hydrogen-bond donors (Lipinski definition) is 1. The second kappa shape index (κ2) is 5.53. The molecule has 0 aliphatic rings. The van der Waals surface area contributed by atoms with Crippen LogP contribution < -0.4 is 4.74 Å². The number of aryl methyl sites for hydroxylation is 2. The first-order chi connectivity index (χ1) is 10.5. The van der Waals surface area contributed by atoms with Crippen LogP contribution in [0.4, 0.5) is 0 Å². The van der Waals surface area contributed by atoms with Gasteiger partial charge in [0.15, 0.2) is 11.5 Å². The molecule has 2 aromatic heterocycles. The molecule has 22 heavy (non-hydrogen) atoms. The Morgan fingerprint density at radius 2 is 1.91 bits per heavy atom. The van der Waals surface area contributed by atoms with Gasteiger partial charge in [0.25, 0.3) is 0 Å². The lowest BCUT2D eigenvalue weighted by Gasteiger charge is -2.10. The van der Waals surface area contributed by atoms with Gasteiger partial charge in [0.2, 0.25) is 0 Å². The Kier molecular flexibility index (Phi) is 3.70. The van der Waals surface area contributed by atoms with Crippen LogP contribution >= 0.6 is 11.8 Å². The minimum absolute atomic E-state index is 0.514. The van der Waals surface area contributed by atoms with Gasteiger partial charge in [-0.1, -0.05) is 0 Å². The molecule has 0 saturated heterocycles. The van der Waals surface area contributed by atoms with E-state index >= 15 is 0 Å². The van der Waals surface area contributed by atoms with Crippen LogP contribution in [0.5, 0.6) is 5.75 Å². The van der Waals surface area contributed by atoms with Crippen LogP contribution in [-0.2, 0) is 0 Å². The maximum absolute atomic E-state index is 9.98. The average Bonchev–Trinajstić information content (AvgIpc) is 2.83. The van der Waals surface area contributed by atoms with Gasteiger partial charge in [-0.3, -0.25) is 0 Å². The van der Waals surface area contributed by atoms with E-state index < -0.39 is 0 Å². The van der Waals surface area contributed by atoms with E-state index in [0.29, 0.717) is 11.5 Å². The van der Waals surface area contributed by atoms with Crippen molar-refractivity contribution in [3.63, 3.8) is 0 Å². The summed E-state index contributed by atoms with van der Waals surface area (Å²) in [4.78, 5) is 9.90.